The van der Waals surface area contributed by atoms with Gasteiger partial charge in [-0.05, 0) is 30.7 Å². The van der Waals surface area contributed by atoms with Crippen LogP contribution in [0, 0.1) is 5.82 Å². The van der Waals surface area contributed by atoms with Crippen molar-refractivity contribution in [2.75, 3.05) is 6.54 Å². The number of aromatic amines is 1. The van der Waals surface area contributed by atoms with Gasteiger partial charge in [-0.1, -0.05) is 0 Å². The first-order chi connectivity index (χ1) is 8.74. The SMILES string of the molecule is Oc1cc(F)cc(CNCCCc2ncc[nH]2)c1. The minimum absolute atomic E-state index is 0.0395. The number of nitrogens with one attached hydrogen (secondary N) is 2. The lowest BCUT2D eigenvalue weighted by Crippen LogP contribution is -2.15. The molecule has 4 nitrogen and oxygen atoms in total. The first-order valence-corrected chi connectivity index (χ1v) is 5.91. The molecule has 18 heavy (non-hydrogen) atoms. The van der Waals surface area contributed by atoms with Crippen molar-refractivity contribution in [3.05, 3.63) is 47.8 Å². The molecule has 0 spiro atoms. The zero-order chi connectivity index (χ0) is 12.8. The maximum absolute atomic E-state index is 13.0. The van der Waals surface area contributed by atoms with E-state index in [2.05, 4.69) is 15.3 Å². The van der Waals surface area contributed by atoms with E-state index < -0.39 is 5.82 Å². The van der Waals surface area contributed by atoms with Crippen molar-refractivity contribution in [3.8, 4) is 5.75 Å². The van der Waals surface area contributed by atoms with Crippen molar-refractivity contribution >= 4 is 0 Å². The molecule has 2 rings (SSSR count). The number of imidazole rings is 1. The number of hydrogen-bond donors (Lipinski definition) is 3. The van der Waals surface area contributed by atoms with Gasteiger partial charge in [0.05, 0.1) is 0 Å². The minimum atomic E-state index is -0.414. The van der Waals surface area contributed by atoms with Gasteiger partial charge in [-0.15, -0.1) is 0 Å². The van der Waals surface area contributed by atoms with Crippen LogP contribution in [0.5, 0.6) is 5.75 Å². The van der Waals surface area contributed by atoms with Crippen LogP contribution in [0.15, 0.2) is 30.6 Å². The summed E-state index contributed by atoms with van der Waals surface area (Å²) in [5.74, 6) is 0.518. The third-order valence-electron chi connectivity index (χ3n) is 2.59. The monoisotopic (exact) mass is 249 g/mol. The number of phenols is 1. The molecule has 0 saturated carbocycles. The maximum atomic E-state index is 13.0. The van der Waals surface area contributed by atoms with Gasteiger partial charge in [0, 0.05) is 31.4 Å². The number of aromatic nitrogens is 2. The summed E-state index contributed by atoms with van der Waals surface area (Å²) in [5.41, 5.74) is 0.741. The fraction of sp³-hybridized carbons (Fsp3) is 0.308. The van der Waals surface area contributed by atoms with Crippen LogP contribution in [0.2, 0.25) is 0 Å². The Bertz CT molecular complexity index is 465. The molecule has 1 aromatic heterocycles. The standard InChI is InChI=1S/C13H16FN3O/c14-11-6-10(7-12(18)8-11)9-15-3-1-2-13-16-4-5-17-13/h4-8,15,18H,1-3,9H2,(H,16,17). The van der Waals surface area contributed by atoms with E-state index in [1.807, 2.05) is 0 Å². The van der Waals surface area contributed by atoms with E-state index in [0.29, 0.717) is 6.54 Å². The summed E-state index contributed by atoms with van der Waals surface area (Å²) in [4.78, 5) is 7.17. The van der Waals surface area contributed by atoms with Gasteiger partial charge in [0.2, 0.25) is 0 Å². The number of aryl methyl sites for hydroxylation is 1. The molecule has 1 aromatic carbocycles. The normalized spacial score (nSPS) is 10.7. The average Bonchev–Trinajstić information content (AvgIpc) is 2.80. The number of nitrogens with zero attached hydrogens (tertiary/aromatic N) is 1. The Morgan fingerprint density at radius 3 is 2.94 bits per heavy atom. The average molecular weight is 249 g/mol. The lowest BCUT2D eigenvalue weighted by atomic mass is 10.2. The fourth-order valence-electron chi connectivity index (χ4n) is 1.78. The first kappa shape index (κ1) is 12.6. The number of halogens is 1. The van der Waals surface area contributed by atoms with Gasteiger partial charge < -0.3 is 15.4 Å². The second kappa shape index (κ2) is 6.16. The van der Waals surface area contributed by atoms with Gasteiger partial charge in [-0.2, -0.15) is 0 Å². The Morgan fingerprint density at radius 2 is 2.22 bits per heavy atom. The molecular formula is C13H16FN3O. The summed E-state index contributed by atoms with van der Waals surface area (Å²) >= 11 is 0. The summed E-state index contributed by atoms with van der Waals surface area (Å²) in [5, 5.41) is 12.4. The first-order valence-electron chi connectivity index (χ1n) is 5.91. The predicted octanol–water partition coefficient (Wildman–Crippen LogP) is 1.98. The lowest BCUT2D eigenvalue weighted by Gasteiger charge is -2.05. The van der Waals surface area contributed by atoms with Crippen molar-refractivity contribution < 1.29 is 9.50 Å². The molecule has 0 unspecified atom stereocenters. The second-order valence-electron chi connectivity index (χ2n) is 4.13. The van der Waals surface area contributed by atoms with Crippen molar-refractivity contribution in [2.24, 2.45) is 0 Å². The molecule has 0 aliphatic rings. The summed E-state index contributed by atoms with van der Waals surface area (Å²) < 4.78 is 13.0. The summed E-state index contributed by atoms with van der Waals surface area (Å²) in [6, 6.07) is 4.07. The molecule has 0 aliphatic carbocycles. The quantitative estimate of drug-likeness (QED) is 0.686. The molecule has 1 heterocycles. The summed E-state index contributed by atoms with van der Waals surface area (Å²) in [7, 11) is 0. The summed E-state index contributed by atoms with van der Waals surface area (Å²) in [6.07, 6.45) is 5.37. The Labute approximate surface area is 105 Å². The van der Waals surface area contributed by atoms with Crippen LogP contribution in [-0.4, -0.2) is 21.6 Å². The highest BCUT2D eigenvalue weighted by molar-refractivity contribution is 5.28. The summed E-state index contributed by atoms with van der Waals surface area (Å²) in [6.45, 7) is 1.36. The molecule has 0 fully saturated rings. The molecule has 0 atom stereocenters. The number of phenolic OH excluding ortho intramolecular Hbond substituents is 1. The van der Waals surface area contributed by atoms with Crippen LogP contribution in [0.25, 0.3) is 0 Å². The molecule has 96 valence electrons. The Balaban J connectivity index is 1.68. The predicted molar refractivity (Wildman–Crippen MR) is 66.7 cm³/mol. The number of aromatic hydroxyl groups is 1. The topological polar surface area (TPSA) is 60.9 Å². The van der Waals surface area contributed by atoms with Crippen LogP contribution in [0.3, 0.4) is 0 Å². The molecule has 0 saturated heterocycles. The molecule has 3 N–H and O–H groups in total. The van der Waals surface area contributed by atoms with E-state index in [0.717, 1.165) is 36.8 Å². The maximum Gasteiger partial charge on any atom is 0.127 e. The number of benzene rings is 1. The van der Waals surface area contributed by atoms with Crippen molar-refractivity contribution in [1.82, 2.24) is 15.3 Å². The largest absolute Gasteiger partial charge is 0.508 e. The fourth-order valence-corrected chi connectivity index (χ4v) is 1.78. The highest BCUT2D eigenvalue weighted by Gasteiger charge is 2.00. The molecule has 0 radical (unpaired) electrons. The molecule has 0 amide bonds. The minimum Gasteiger partial charge on any atom is -0.508 e. The van der Waals surface area contributed by atoms with Gasteiger partial charge >= 0.3 is 0 Å². The molecule has 0 bridgehead atoms. The van der Waals surface area contributed by atoms with Crippen LogP contribution >= 0.6 is 0 Å². The van der Waals surface area contributed by atoms with Crippen molar-refractivity contribution in [3.63, 3.8) is 0 Å². The zero-order valence-corrected chi connectivity index (χ0v) is 9.99. The van der Waals surface area contributed by atoms with Gasteiger partial charge in [-0.3, -0.25) is 0 Å². The van der Waals surface area contributed by atoms with E-state index in [1.165, 1.54) is 6.07 Å². The molecular weight excluding hydrogens is 233 g/mol. The number of rotatable bonds is 6. The Hall–Kier alpha value is -1.88. The Kier molecular flexibility index (Phi) is 4.30. The van der Waals surface area contributed by atoms with E-state index in [4.69, 9.17) is 0 Å². The molecule has 0 aliphatic heterocycles. The third kappa shape index (κ3) is 3.85. The van der Waals surface area contributed by atoms with E-state index >= 15 is 0 Å². The van der Waals surface area contributed by atoms with Crippen molar-refractivity contribution in [2.45, 2.75) is 19.4 Å². The van der Waals surface area contributed by atoms with E-state index in [1.54, 1.807) is 18.5 Å². The third-order valence-corrected chi connectivity index (χ3v) is 2.59. The van der Waals surface area contributed by atoms with Crippen LogP contribution < -0.4 is 5.32 Å². The second-order valence-corrected chi connectivity index (χ2v) is 4.13. The van der Waals surface area contributed by atoms with Gasteiger partial charge in [0.1, 0.15) is 17.4 Å². The van der Waals surface area contributed by atoms with Crippen LogP contribution in [0.1, 0.15) is 17.8 Å². The Morgan fingerprint density at radius 1 is 1.33 bits per heavy atom. The van der Waals surface area contributed by atoms with E-state index in [-0.39, 0.29) is 5.75 Å². The van der Waals surface area contributed by atoms with Crippen LogP contribution in [-0.2, 0) is 13.0 Å². The lowest BCUT2D eigenvalue weighted by molar-refractivity contribution is 0.467. The smallest absolute Gasteiger partial charge is 0.127 e. The van der Waals surface area contributed by atoms with Gasteiger partial charge in [0.25, 0.3) is 0 Å². The van der Waals surface area contributed by atoms with Crippen molar-refractivity contribution in [1.29, 1.82) is 0 Å². The molecule has 2 aromatic rings. The zero-order valence-electron chi connectivity index (χ0n) is 9.99. The highest BCUT2D eigenvalue weighted by Crippen LogP contribution is 2.14. The van der Waals surface area contributed by atoms with Crippen LogP contribution in [0.4, 0.5) is 4.39 Å². The van der Waals surface area contributed by atoms with E-state index in [9.17, 15) is 9.50 Å². The molecule has 5 heteroatoms. The van der Waals surface area contributed by atoms with Gasteiger partial charge in [0.15, 0.2) is 0 Å². The van der Waals surface area contributed by atoms with Gasteiger partial charge in [-0.25, -0.2) is 9.37 Å². The highest BCUT2D eigenvalue weighted by atomic mass is 19.1. The number of H-pyrrole nitrogens is 1. The number of hydrogen-bond acceptors (Lipinski definition) is 3.